The minimum absolute atomic E-state index is 0.181. The maximum atomic E-state index is 12.5. The lowest BCUT2D eigenvalue weighted by molar-refractivity contribution is -0.123. The maximum Gasteiger partial charge on any atom is 0.329 e. The van der Waals surface area contributed by atoms with E-state index in [-0.39, 0.29) is 23.9 Å². The number of phenols is 1. The molecule has 3 amide bonds. The first-order valence-electron chi connectivity index (χ1n) is 7.32. The van der Waals surface area contributed by atoms with Crippen molar-refractivity contribution in [2.45, 2.75) is 13.5 Å². The lowest BCUT2D eigenvalue weighted by atomic mass is 10.1. The average molecular weight is 434 g/mol. The number of nitrogens with one attached hydrogen (secondary N) is 1. The summed E-state index contributed by atoms with van der Waals surface area (Å²) in [5.74, 6) is -0.177. The van der Waals surface area contributed by atoms with Crippen LogP contribution in [0.25, 0.3) is 6.08 Å². The fraction of sp³-hybridized carbons (Fsp3) is 0.111. The smallest absolute Gasteiger partial charge is 0.329 e. The monoisotopic (exact) mass is 434 g/mol. The minimum Gasteiger partial charge on any atom is -0.507 e. The van der Waals surface area contributed by atoms with Crippen LogP contribution in [0.3, 0.4) is 0 Å². The van der Waals surface area contributed by atoms with E-state index in [1.807, 2.05) is 53.8 Å². The molecule has 0 aromatic heterocycles. The van der Waals surface area contributed by atoms with E-state index in [9.17, 15) is 14.7 Å². The highest BCUT2D eigenvalue weighted by atomic mass is 127. The van der Waals surface area contributed by atoms with Crippen molar-refractivity contribution in [3.8, 4) is 5.75 Å². The second-order valence-electron chi connectivity index (χ2n) is 5.58. The number of aryl methyl sites for hydroxylation is 1. The van der Waals surface area contributed by atoms with Gasteiger partial charge in [0.2, 0.25) is 0 Å². The second kappa shape index (κ2) is 6.64. The van der Waals surface area contributed by atoms with E-state index in [1.165, 1.54) is 4.90 Å². The van der Waals surface area contributed by atoms with Crippen LogP contribution in [-0.2, 0) is 11.3 Å². The number of hydrogen-bond acceptors (Lipinski definition) is 3. The lowest BCUT2D eigenvalue weighted by Gasteiger charge is -2.11. The van der Waals surface area contributed by atoms with Crippen LogP contribution in [0.5, 0.6) is 5.75 Å². The Morgan fingerprint density at radius 2 is 1.88 bits per heavy atom. The quantitative estimate of drug-likeness (QED) is 0.442. The van der Waals surface area contributed by atoms with Gasteiger partial charge in [0.05, 0.1) is 10.1 Å². The Morgan fingerprint density at radius 3 is 2.54 bits per heavy atom. The van der Waals surface area contributed by atoms with Gasteiger partial charge < -0.3 is 10.4 Å². The van der Waals surface area contributed by atoms with Gasteiger partial charge in [0, 0.05) is 0 Å². The van der Waals surface area contributed by atoms with Crippen LogP contribution in [-0.4, -0.2) is 21.9 Å². The SMILES string of the molecule is Cc1ccc(CN2C(=O)N/C(=C\c3ccc(O)c(I)c3)C2=O)cc1. The number of rotatable bonds is 3. The molecule has 1 heterocycles. The molecule has 2 N–H and O–H groups in total. The molecule has 0 saturated carbocycles. The van der Waals surface area contributed by atoms with Crippen LogP contribution in [0, 0.1) is 10.5 Å². The van der Waals surface area contributed by atoms with Crippen LogP contribution in [0.4, 0.5) is 4.79 Å². The second-order valence-corrected chi connectivity index (χ2v) is 6.74. The van der Waals surface area contributed by atoms with Crippen LogP contribution < -0.4 is 5.32 Å². The highest BCUT2D eigenvalue weighted by molar-refractivity contribution is 14.1. The number of carbonyl (C=O) groups is 2. The molecule has 6 heteroatoms. The number of hydrogen-bond donors (Lipinski definition) is 2. The Kier molecular flexibility index (Phi) is 4.57. The molecule has 1 fully saturated rings. The molecule has 0 atom stereocenters. The normalized spacial score (nSPS) is 15.9. The van der Waals surface area contributed by atoms with Crippen LogP contribution in [0.2, 0.25) is 0 Å². The van der Waals surface area contributed by atoms with E-state index in [2.05, 4.69) is 5.32 Å². The van der Waals surface area contributed by atoms with Gasteiger partial charge in [-0.25, -0.2) is 4.79 Å². The van der Waals surface area contributed by atoms with Crippen LogP contribution >= 0.6 is 22.6 Å². The first-order chi connectivity index (χ1) is 11.4. The molecular weight excluding hydrogens is 419 g/mol. The third-order valence-electron chi connectivity index (χ3n) is 3.71. The van der Waals surface area contributed by atoms with Crippen LogP contribution in [0.15, 0.2) is 48.2 Å². The minimum atomic E-state index is -0.430. The molecule has 1 saturated heterocycles. The molecule has 3 rings (SSSR count). The molecule has 122 valence electrons. The number of aromatic hydroxyl groups is 1. The highest BCUT2D eigenvalue weighted by Gasteiger charge is 2.33. The molecule has 0 bridgehead atoms. The number of benzene rings is 2. The fourth-order valence-electron chi connectivity index (χ4n) is 2.37. The van der Waals surface area contributed by atoms with Crippen molar-refractivity contribution in [2.24, 2.45) is 0 Å². The molecule has 1 aliphatic heterocycles. The first kappa shape index (κ1) is 16.5. The Balaban J connectivity index is 1.81. The molecule has 5 nitrogen and oxygen atoms in total. The number of phenolic OH excluding ortho intramolecular Hbond substituents is 1. The summed E-state index contributed by atoms with van der Waals surface area (Å²) in [4.78, 5) is 25.7. The van der Waals surface area contributed by atoms with E-state index < -0.39 is 6.03 Å². The summed E-state index contributed by atoms with van der Waals surface area (Å²) < 4.78 is 0.676. The van der Waals surface area contributed by atoms with Crippen molar-refractivity contribution < 1.29 is 14.7 Å². The summed E-state index contributed by atoms with van der Waals surface area (Å²) in [6.45, 7) is 2.22. The molecular formula is C18H15IN2O3. The number of imide groups is 1. The van der Waals surface area contributed by atoms with Gasteiger partial charge in [-0.05, 0) is 58.9 Å². The fourth-order valence-corrected chi connectivity index (χ4v) is 2.91. The van der Waals surface area contributed by atoms with Crippen molar-refractivity contribution in [3.05, 3.63) is 68.4 Å². The summed E-state index contributed by atoms with van der Waals surface area (Å²) in [5.41, 5.74) is 2.98. The highest BCUT2D eigenvalue weighted by Crippen LogP contribution is 2.23. The lowest BCUT2D eigenvalue weighted by Crippen LogP contribution is -2.30. The Hall–Kier alpha value is -2.35. The third kappa shape index (κ3) is 3.43. The first-order valence-corrected chi connectivity index (χ1v) is 8.40. The molecule has 0 spiro atoms. The zero-order valence-corrected chi connectivity index (χ0v) is 15.1. The average Bonchev–Trinajstić information content (AvgIpc) is 2.80. The van der Waals surface area contributed by atoms with Crippen molar-refractivity contribution in [3.63, 3.8) is 0 Å². The van der Waals surface area contributed by atoms with E-state index in [0.717, 1.165) is 16.7 Å². The van der Waals surface area contributed by atoms with Gasteiger partial charge in [-0.3, -0.25) is 9.69 Å². The number of nitrogens with zero attached hydrogens (tertiary/aromatic N) is 1. The van der Waals surface area contributed by atoms with E-state index in [0.29, 0.717) is 3.57 Å². The Bertz CT molecular complexity index is 844. The van der Waals surface area contributed by atoms with E-state index >= 15 is 0 Å². The predicted molar refractivity (Wildman–Crippen MR) is 99.1 cm³/mol. The topological polar surface area (TPSA) is 69.6 Å². The van der Waals surface area contributed by atoms with Crippen molar-refractivity contribution >= 4 is 40.6 Å². The van der Waals surface area contributed by atoms with Gasteiger partial charge in [0.25, 0.3) is 5.91 Å². The molecule has 2 aromatic carbocycles. The van der Waals surface area contributed by atoms with Crippen molar-refractivity contribution in [2.75, 3.05) is 0 Å². The summed E-state index contributed by atoms with van der Waals surface area (Å²) in [7, 11) is 0. The predicted octanol–water partition coefficient (Wildman–Crippen LogP) is 3.40. The van der Waals surface area contributed by atoms with Crippen LogP contribution in [0.1, 0.15) is 16.7 Å². The van der Waals surface area contributed by atoms with Gasteiger partial charge in [0.15, 0.2) is 0 Å². The van der Waals surface area contributed by atoms with Gasteiger partial charge in [-0.1, -0.05) is 35.9 Å². The Labute approximate surface area is 153 Å². The zero-order valence-electron chi connectivity index (χ0n) is 12.9. The Morgan fingerprint density at radius 1 is 1.17 bits per heavy atom. The summed E-state index contributed by atoms with van der Waals surface area (Å²) in [6, 6.07) is 12.3. The summed E-state index contributed by atoms with van der Waals surface area (Å²) >= 11 is 2.01. The maximum absolute atomic E-state index is 12.5. The number of urea groups is 1. The number of carbonyl (C=O) groups excluding carboxylic acids is 2. The van der Waals surface area contributed by atoms with E-state index in [4.69, 9.17) is 0 Å². The molecule has 2 aromatic rings. The van der Waals surface area contributed by atoms with Crippen molar-refractivity contribution in [1.82, 2.24) is 10.2 Å². The van der Waals surface area contributed by atoms with Gasteiger partial charge in [0.1, 0.15) is 11.4 Å². The van der Waals surface area contributed by atoms with E-state index in [1.54, 1.807) is 24.3 Å². The molecule has 0 radical (unpaired) electrons. The summed E-state index contributed by atoms with van der Waals surface area (Å²) in [6.07, 6.45) is 1.61. The number of halogens is 1. The van der Waals surface area contributed by atoms with Gasteiger partial charge >= 0.3 is 6.03 Å². The third-order valence-corrected chi connectivity index (χ3v) is 4.57. The molecule has 24 heavy (non-hydrogen) atoms. The van der Waals surface area contributed by atoms with Gasteiger partial charge in [-0.15, -0.1) is 0 Å². The standard InChI is InChI=1S/C18H15IN2O3/c1-11-2-4-12(5-3-11)10-21-17(23)15(20-18(21)24)9-13-6-7-16(22)14(19)8-13/h2-9,22H,10H2,1H3,(H,20,24)/b15-9-. The molecule has 0 aliphatic carbocycles. The molecule has 0 unspecified atom stereocenters. The molecule has 1 aliphatic rings. The summed E-state index contributed by atoms with van der Waals surface area (Å²) in [5, 5.41) is 12.2. The number of amides is 3. The zero-order chi connectivity index (χ0) is 17.3. The van der Waals surface area contributed by atoms with Crippen molar-refractivity contribution in [1.29, 1.82) is 0 Å². The van der Waals surface area contributed by atoms with Gasteiger partial charge in [-0.2, -0.15) is 0 Å². The largest absolute Gasteiger partial charge is 0.507 e.